The molecule has 0 bridgehead atoms. The van der Waals surface area contributed by atoms with Gasteiger partial charge < -0.3 is 29.5 Å². The predicted molar refractivity (Wildman–Crippen MR) is 94.4 cm³/mol. The molecule has 3 rings (SSSR count). The number of carbonyl (C=O) groups excluding carboxylic acids is 2. The number of carbonyl (C=O) groups is 2. The first kappa shape index (κ1) is 18.5. The molecule has 1 saturated heterocycles. The van der Waals surface area contributed by atoms with E-state index in [9.17, 15) is 9.59 Å². The molecule has 0 spiro atoms. The Hall–Kier alpha value is -3.30. The molecule has 0 saturated carbocycles. The Bertz CT molecular complexity index is 837. The summed E-state index contributed by atoms with van der Waals surface area (Å²) in [5, 5.41) is 9.39. The van der Waals surface area contributed by atoms with Crippen molar-refractivity contribution in [2.45, 2.75) is 13.0 Å². The van der Waals surface area contributed by atoms with E-state index in [0.29, 0.717) is 36.0 Å². The van der Waals surface area contributed by atoms with E-state index in [-0.39, 0.29) is 24.4 Å². The second kappa shape index (κ2) is 7.94. The van der Waals surface area contributed by atoms with Gasteiger partial charge in [-0.3, -0.25) is 4.79 Å². The number of nitrogens with one attached hydrogen (secondary N) is 2. The molecule has 10 heteroatoms. The number of aromatic nitrogens is 2. The van der Waals surface area contributed by atoms with Crippen molar-refractivity contribution in [3.8, 4) is 22.9 Å². The monoisotopic (exact) mass is 375 g/mol. The van der Waals surface area contributed by atoms with Crippen molar-refractivity contribution >= 4 is 11.9 Å². The van der Waals surface area contributed by atoms with Crippen LogP contribution in [0.25, 0.3) is 11.4 Å². The van der Waals surface area contributed by atoms with E-state index >= 15 is 0 Å². The minimum Gasteiger partial charge on any atom is -0.493 e. The quantitative estimate of drug-likeness (QED) is 0.799. The summed E-state index contributed by atoms with van der Waals surface area (Å²) in [6.07, 6.45) is 0. The van der Waals surface area contributed by atoms with Crippen molar-refractivity contribution in [2.75, 3.05) is 33.9 Å². The maximum atomic E-state index is 12.3. The lowest BCUT2D eigenvalue weighted by molar-refractivity contribution is -0.123. The second-order valence-corrected chi connectivity index (χ2v) is 5.97. The first-order valence-electron chi connectivity index (χ1n) is 8.40. The molecule has 2 N–H and O–H groups in total. The Morgan fingerprint density at radius 2 is 2.11 bits per heavy atom. The SMILES string of the molecule is COc1ccc(-c2noc(C(C)NC(=O)N3CCNC(=O)C3)n2)cc1OC. The van der Waals surface area contributed by atoms with Crippen molar-refractivity contribution in [3.63, 3.8) is 0 Å². The Kier molecular flexibility index (Phi) is 5.43. The van der Waals surface area contributed by atoms with Gasteiger partial charge in [0.25, 0.3) is 0 Å². The lowest BCUT2D eigenvalue weighted by Crippen LogP contribution is -2.53. The molecule has 1 aromatic carbocycles. The number of piperazine rings is 1. The van der Waals surface area contributed by atoms with Crippen LogP contribution in [0.2, 0.25) is 0 Å². The van der Waals surface area contributed by atoms with Gasteiger partial charge in [0.15, 0.2) is 11.5 Å². The van der Waals surface area contributed by atoms with Gasteiger partial charge in [-0.05, 0) is 25.1 Å². The van der Waals surface area contributed by atoms with E-state index in [1.165, 1.54) is 4.90 Å². The summed E-state index contributed by atoms with van der Waals surface area (Å²) >= 11 is 0. The van der Waals surface area contributed by atoms with Crippen LogP contribution in [0.15, 0.2) is 22.7 Å². The highest BCUT2D eigenvalue weighted by atomic mass is 16.5. The van der Waals surface area contributed by atoms with E-state index in [1.54, 1.807) is 39.3 Å². The Balaban J connectivity index is 1.69. The zero-order valence-electron chi connectivity index (χ0n) is 15.3. The molecule has 1 atom stereocenters. The summed E-state index contributed by atoms with van der Waals surface area (Å²) < 4.78 is 15.8. The third kappa shape index (κ3) is 4.10. The summed E-state index contributed by atoms with van der Waals surface area (Å²) in [7, 11) is 3.10. The van der Waals surface area contributed by atoms with Crippen LogP contribution in [0.1, 0.15) is 18.9 Å². The highest BCUT2D eigenvalue weighted by Gasteiger charge is 2.24. The number of hydrogen-bond donors (Lipinski definition) is 2. The molecule has 0 radical (unpaired) electrons. The number of amides is 3. The Labute approximate surface area is 155 Å². The highest BCUT2D eigenvalue weighted by Crippen LogP contribution is 2.31. The van der Waals surface area contributed by atoms with Gasteiger partial charge in [-0.2, -0.15) is 4.98 Å². The molecule has 3 amide bonds. The molecule has 10 nitrogen and oxygen atoms in total. The van der Waals surface area contributed by atoms with Crippen molar-refractivity contribution in [3.05, 3.63) is 24.1 Å². The van der Waals surface area contributed by atoms with Crippen molar-refractivity contribution in [2.24, 2.45) is 0 Å². The summed E-state index contributed by atoms with van der Waals surface area (Å²) in [4.78, 5) is 29.4. The molecule has 1 aromatic heterocycles. The van der Waals surface area contributed by atoms with Gasteiger partial charge >= 0.3 is 6.03 Å². The Morgan fingerprint density at radius 3 is 2.81 bits per heavy atom. The average Bonchev–Trinajstić information content (AvgIpc) is 3.17. The first-order chi connectivity index (χ1) is 13.0. The normalized spacial score (nSPS) is 15.1. The summed E-state index contributed by atoms with van der Waals surface area (Å²) in [6, 6.07) is 4.40. The van der Waals surface area contributed by atoms with Gasteiger partial charge in [0.1, 0.15) is 12.6 Å². The number of hydrogen-bond acceptors (Lipinski definition) is 7. The zero-order chi connectivity index (χ0) is 19.4. The topological polar surface area (TPSA) is 119 Å². The number of nitrogens with zero attached hydrogens (tertiary/aromatic N) is 3. The van der Waals surface area contributed by atoms with Gasteiger partial charge in [0, 0.05) is 18.7 Å². The summed E-state index contributed by atoms with van der Waals surface area (Å²) in [5.74, 6) is 1.58. The van der Waals surface area contributed by atoms with Crippen LogP contribution in [0.4, 0.5) is 4.79 Å². The maximum absolute atomic E-state index is 12.3. The summed E-state index contributed by atoms with van der Waals surface area (Å²) in [6.45, 7) is 2.64. The fraction of sp³-hybridized carbons (Fsp3) is 0.412. The molecule has 27 heavy (non-hydrogen) atoms. The molecular weight excluding hydrogens is 354 g/mol. The van der Waals surface area contributed by atoms with E-state index < -0.39 is 6.04 Å². The van der Waals surface area contributed by atoms with Crippen molar-refractivity contribution in [1.82, 2.24) is 25.7 Å². The highest BCUT2D eigenvalue weighted by molar-refractivity contribution is 5.85. The van der Waals surface area contributed by atoms with Crippen LogP contribution >= 0.6 is 0 Å². The van der Waals surface area contributed by atoms with E-state index in [0.717, 1.165) is 0 Å². The average molecular weight is 375 g/mol. The van der Waals surface area contributed by atoms with Gasteiger partial charge in [-0.1, -0.05) is 5.16 Å². The van der Waals surface area contributed by atoms with E-state index in [1.807, 2.05) is 0 Å². The number of benzene rings is 1. The third-order valence-corrected chi connectivity index (χ3v) is 4.12. The molecule has 2 heterocycles. The van der Waals surface area contributed by atoms with Gasteiger partial charge in [-0.15, -0.1) is 0 Å². The fourth-order valence-electron chi connectivity index (χ4n) is 2.65. The summed E-state index contributed by atoms with van der Waals surface area (Å²) in [5.41, 5.74) is 0.689. The second-order valence-electron chi connectivity index (χ2n) is 5.97. The van der Waals surface area contributed by atoms with Crippen LogP contribution in [0, 0.1) is 0 Å². The lowest BCUT2D eigenvalue weighted by atomic mass is 10.2. The van der Waals surface area contributed by atoms with Crippen LogP contribution in [0.5, 0.6) is 11.5 Å². The number of methoxy groups -OCH3 is 2. The van der Waals surface area contributed by atoms with Gasteiger partial charge in [-0.25, -0.2) is 4.79 Å². The van der Waals surface area contributed by atoms with Crippen LogP contribution < -0.4 is 20.1 Å². The third-order valence-electron chi connectivity index (χ3n) is 4.12. The van der Waals surface area contributed by atoms with Crippen LogP contribution in [0.3, 0.4) is 0 Å². The minimum atomic E-state index is -0.510. The molecule has 1 fully saturated rings. The molecule has 144 valence electrons. The largest absolute Gasteiger partial charge is 0.493 e. The minimum absolute atomic E-state index is 0.0271. The molecule has 1 aliphatic rings. The fourth-order valence-corrected chi connectivity index (χ4v) is 2.65. The predicted octanol–water partition coefficient (Wildman–Crippen LogP) is 0.956. The van der Waals surface area contributed by atoms with Gasteiger partial charge in [0.05, 0.1) is 14.2 Å². The van der Waals surface area contributed by atoms with E-state index in [2.05, 4.69) is 20.8 Å². The molecule has 1 unspecified atom stereocenters. The smallest absolute Gasteiger partial charge is 0.318 e. The van der Waals surface area contributed by atoms with Crippen molar-refractivity contribution < 1.29 is 23.6 Å². The maximum Gasteiger partial charge on any atom is 0.318 e. The molecule has 0 aliphatic carbocycles. The molecule has 2 aromatic rings. The Morgan fingerprint density at radius 1 is 1.33 bits per heavy atom. The standard InChI is InChI=1S/C17H21N5O5/c1-10(19-17(24)22-7-6-18-14(23)9-22)16-20-15(21-27-16)11-4-5-12(25-2)13(8-11)26-3/h4-5,8,10H,6-7,9H2,1-3H3,(H,18,23)(H,19,24). The van der Waals surface area contributed by atoms with Crippen molar-refractivity contribution in [1.29, 1.82) is 0 Å². The lowest BCUT2D eigenvalue weighted by Gasteiger charge is -2.27. The number of ether oxygens (including phenoxy) is 2. The first-order valence-corrected chi connectivity index (χ1v) is 8.40. The number of urea groups is 1. The molecule has 1 aliphatic heterocycles. The van der Waals surface area contributed by atoms with Crippen LogP contribution in [-0.2, 0) is 4.79 Å². The van der Waals surface area contributed by atoms with Crippen LogP contribution in [-0.4, -0.2) is 60.8 Å². The zero-order valence-corrected chi connectivity index (χ0v) is 15.3. The number of rotatable bonds is 5. The van der Waals surface area contributed by atoms with E-state index in [4.69, 9.17) is 14.0 Å². The molecular formula is C17H21N5O5. The van der Waals surface area contributed by atoms with Gasteiger partial charge in [0.2, 0.25) is 17.6 Å².